The first kappa shape index (κ1) is 18.1. The summed E-state index contributed by atoms with van der Waals surface area (Å²) in [4.78, 5) is 14.8. The molecular weight excluding hydrogens is 613 g/mol. The molecule has 0 N–H and O–H groups in total. The zero-order valence-corrected chi connectivity index (χ0v) is 25.9. The average molecular weight is 654 g/mol. The molecular formula is C45H28N4O. The molecule has 0 radical (unpaired) electrons. The number of aromatic nitrogens is 4. The van der Waals surface area contributed by atoms with Gasteiger partial charge in [0.05, 0.1) is 34.5 Å². The Labute approximate surface area is 306 Å². The van der Waals surface area contributed by atoms with Crippen LogP contribution in [-0.2, 0) is 0 Å². The maximum absolute atomic E-state index is 9.21. The van der Waals surface area contributed by atoms with Crippen molar-refractivity contribution in [3.8, 4) is 51.0 Å². The largest absolute Gasteiger partial charge is 0.455 e. The van der Waals surface area contributed by atoms with E-state index in [1.54, 1.807) is 18.2 Å². The number of hydrogen-bond donors (Lipinski definition) is 0. The highest BCUT2D eigenvalue weighted by atomic mass is 16.3. The van der Waals surface area contributed by atoms with E-state index in [1.165, 1.54) is 16.7 Å². The molecule has 7 aromatic carbocycles. The van der Waals surface area contributed by atoms with Crippen LogP contribution in [0.15, 0.2) is 174 Å². The van der Waals surface area contributed by atoms with E-state index in [2.05, 4.69) is 0 Å². The van der Waals surface area contributed by atoms with Crippen molar-refractivity contribution in [1.82, 2.24) is 19.5 Å². The second-order valence-electron chi connectivity index (χ2n) is 11.4. The van der Waals surface area contributed by atoms with E-state index in [1.807, 2.05) is 60.7 Å². The molecule has 50 heavy (non-hydrogen) atoms. The van der Waals surface area contributed by atoms with E-state index in [4.69, 9.17) is 34.4 Å². The Morgan fingerprint density at radius 2 is 1.06 bits per heavy atom. The Hall–Kier alpha value is -6.85. The Morgan fingerprint density at radius 3 is 1.74 bits per heavy atom. The molecule has 3 heterocycles. The highest BCUT2D eigenvalue weighted by Crippen LogP contribution is 2.41. The second-order valence-corrected chi connectivity index (χ2v) is 11.4. The molecule has 0 saturated carbocycles. The monoisotopic (exact) mass is 653 g/mol. The van der Waals surface area contributed by atoms with Crippen molar-refractivity contribution >= 4 is 43.7 Å². The summed E-state index contributed by atoms with van der Waals surface area (Å²) in [7, 11) is 0. The molecule has 0 aliphatic heterocycles. The fourth-order valence-corrected chi connectivity index (χ4v) is 6.30. The maximum atomic E-state index is 9.21. The first-order valence-corrected chi connectivity index (χ1v) is 15.6. The van der Waals surface area contributed by atoms with Crippen molar-refractivity contribution in [2.45, 2.75) is 0 Å². The lowest BCUT2D eigenvalue weighted by Gasteiger charge is -2.16. The van der Waals surface area contributed by atoms with Crippen LogP contribution in [0, 0.1) is 0 Å². The maximum Gasteiger partial charge on any atom is 0.166 e. The summed E-state index contributed by atoms with van der Waals surface area (Å²) in [5.41, 5.74) is 2.05. The van der Waals surface area contributed by atoms with Gasteiger partial charge in [0.2, 0.25) is 0 Å². The number of rotatable bonds is 5. The van der Waals surface area contributed by atoms with Gasteiger partial charge in [-0.15, -0.1) is 0 Å². The standard InChI is InChI=1S/C45H28N4O/c1-3-14-29(15-4-1)43-46-44(30-16-5-2-6-17-30)48-45(47-43)37-28-31(32-21-13-22-36-35-20-9-12-25-41(35)50-42(32)36)26-27-40(37)49-38-23-10-7-18-33(38)34-19-8-11-24-39(34)49/h1-28H/i7D,8D,9D,10D,11D,13D,18D,19D,20D,22D,23D,24D,25D. The molecule has 0 fully saturated rings. The minimum absolute atomic E-state index is 0.0331. The second kappa shape index (κ2) is 11.4. The van der Waals surface area contributed by atoms with E-state index < -0.39 is 48.3 Å². The van der Waals surface area contributed by atoms with Crippen molar-refractivity contribution in [3.63, 3.8) is 0 Å². The SMILES string of the molecule is [2H]c1cc([2H])c2oc3c(-c4ccc(-n5c6c([2H])c([2H])c([2H])c([2H])c6c6c([2H])c([2H])c([2H])c([2H])c65)c(-c5nc(-c6ccccc6)nc(-c6ccccc6)n5)c4)cc([2H])c([2H])c3c2c1[2H]. The number of nitrogens with zero attached hydrogens (tertiary/aromatic N) is 4. The Kier molecular flexibility index (Phi) is 4.12. The molecule has 0 atom stereocenters. The van der Waals surface area contributed by atoms with Crippen LogP contribution >= 0.6 is 0 Å². The molecule has 5 heteroatoms. The van der Waals surface area contributed by atoms with Gasteiger partial charge in [-0.25, -0.2) is 15.0 Å². The third kappa shape index (κ3) is 4.52. The van der Waals surface area contributed by atoms with Crippen LogP contribution in [0.4, 0.5) is 0 Å². The van der Waals surface area contributed by atoms with Gasteiger partial charge in [0, 0.05) is 43.8 Å². The van der Waals surface area contributed by atoms with Gasteiger partial charge in [0.25, 0.3) is 0 Å². The van der Waals surface area contributed by atoms with Crippen LogP contribution in [0.5, 0.6) is 0 Å². The lowest BCUT2D eigenvalue weighted by atomic mass is 9.98. The highest BCUT2D eigenvalue weighted by molar-refractivity contribution is 6.11. The van der Waals surface area contributed by atoms with E-state index in [0.29, 0.717) is 16.7 Å². The minimum atomic E-state index is -0.591. The molecule has 10 rings (SSSR count). The summed E-state index contributed by atoms with van der Waals surface area (Å²) in [5.74, 6) is 0.595. The highest BCUT2D eigenvalue weighted by Gasteiger charge is 2.21. The van der Waals surface area contributed by atoms with Crippen molar-refractivity contribution in [3.05, 3.63) is 170 Å². The summed E-state index contributed by atoms with van der Waals surface area (Å²) in [6.07, 6.45) is 0. The smallest absolute Gasteiger partial charge is 0.166 e. The first-order chi connectivity index (χ1) is 30.2. The predicted molar refractivity (Wildman–Crippen MR) is 203 cm³/mol. The van der Waals surface area contributed by atoms with Gasteiger partial charge in [-0.3, -0.25) is 0 Å². The molecule has 0 saturated heterocycles. The van der Waals surface area contributed by atoms with Crippen LogP contribution in [0.1, 0.15) is 17.8 Å². The van der Waals surface area contributed by atoms with Crippen LogP contribution in [-0.4, -0.2) is 19.5 Å². The minimum Gasteiger partial charge on any atom is -0.455 e. The predicted octanol–water partition coefficient (Wildman–Crippen LogP) is 11.5. The normalized spacial score (nSPS) is 15.2. The van der Waals surface area contributed by atoms with Gasteiger partial charge in [-0.05, 0) is 35.8 Å². The van der Waals surface area contributed by atoms with Crippen LogP contribution in [0.2, 0.25) is 0 Å². The lowest BCUT2D eigenvalue weighted by molar-refractivity contribution is 0.670. The molecule has 0 bridgehead atoms. The van der Waals surface area contributed by atoms with Crippen LogP contribution in [0.3, 0.4) is 0 Å². The van der Waals surface area contributed by atoms with Crippen molar-refractivity contribution < 1.29 is 22.2 Å². The Morgan fingerprint density at radius 1 is 0.460 bits per heavy atom. The summed E-state index contributed by atoms with van der Waals surface area (Å²) in [6, 6.07) is 20.2. The molecule has 0 amide bonds. The lowest BCUT2D eigenvalue weighted by Crippen LogP contribution is -2.04. The number of benzene rings is 7. The fourth-order valence-electron chi connectivity index (χ4n) is 6.30. The third-order valence-corrected chi connectivity index (χ3v) is 8.56. The molecule has 0 aliphatic rings. The van der Waals surface area contributed by atoms with Crippen LogP contribution < -0.4 is 0 Å². The Balaban J connectivity index is 1.39. The van der Waals surface area contributed by atoms with E-state index >= 15 is 0 Å². The molecule has 0 spiro atoms. The van der Waals surface area contributed by atoms with Gasteiger partial charge in [-0.2, -0.15) is 0 Å². The topological polar surface area (TPSA) is 56.7 Å². The zero-order valence-electron chi connectivity index (χ0n) is 38.9. The first-order valence-electron chi connectivity index (χ1n) is 22.1. The van der Waals surface area contributed by atoms with E-state index in [-0.39, 0.29) is 108 Å². The van der Waals surface area contributed by atoms with E-state index in [0.717, 1.165) is 0 Å². The number of hydrogen-bond acceptors (Lipinski definition) is 4. The number of para-hydroxylation sites is 4. The quantitative estimate of drug-likeness (QED) is 0.185. The van der Waals surface area contributed by atoms with Gasteiger partial charge in [-0.1, -0.05) is 139 Å². The third-order valence-electron chi connectivity index (χ3n) is 8.56. The zero-order chi connectivity index (χ0) is 44.3. The number of fused-ring (bicyclic) bond motifs is 6. The Bertz CT molecular complexity index is 3480. The fraction of sp³-hybridized carbons (Fsp3) is 0. The summed E-state index contributed by atoms with van der Waals surface area (Å²) in [5, 5.41) is -0.129. The summed E-state index contributed by atoms with van der Waals surface area (Å²) < 4.78 is 122. The molecule has 234 valence electrons. The van der Waals surface area contributed by atoms with Gasteiger partial charge in [0.1, 0.15) is 11.2 Å². The molecule has 3 aromatic heterocycles. The van der Waals surface area contributed by atoms with Gasteiger partial charge >= 0.3 is 0 Å². The molecule has 0 unspecified atom stereocenters. The van der Waals surface area contributed by atoms with E-state index in [9.17, 15) is 2.74 Å². The number of furan rings is 1. The molecule has 10 aromatic rings. The average Bonchev–Trinajstić information content (AvgIpc) is 3.88. The van der Waals surface area contributed by atoms with Gasteiger partial charge in [0.15, 0.2) is 17.5 Å². The van der Waals surface area contributed by atoms with Crippen LogP contribution in [0.25, 0.3) is 94.7 Å². The van der Waals surface area contributed by atoms with Crippen molar-refractivity contribution in [1.29, 1.82) is 0 Å². The summed E-state index contributed by atoms with van der Waals surface area (Å²) >= 11 is 0. The molecule has 0 aliphatic carbocycles. The summed E-state index contributed by atoms with van der Waals surface area (Å²) in [6.45, 7) is 0. The van der Waals surface area contributed by atoms with Crippen molar-refractivity contribution in [2.75, 3.05) is 0 Å². The van der Waals surface area contributed by atoms with Crippen molar-refractivity contribution in [2.24, 2.45) is 0 Å². The molecule has 5 nitrogen and oxygen atoms in total. The van der Waals surface area contributed by atoms with Gasteiger partial charge < -0.3 is 8.98 Å².